The lowest BCUT2D eigenvalue weighted by atomic mass is 9.73. The Labute approximate surface area is 167 Å². The van der Waals surface area contributed by atoms with Crippen LogP contribution < -0.4 is 0 Å². The molecule has 2 heteroatoms. The third-order valence-corrected chi connectivity index (χ3v) is 5.83. The Morgan fingerprint density at radius 2 is 1.11 bits per heavy atom. The number of carbonyl (C=O) groups excluding carboxylic acids is 1. The summed E-state index contributed by atoms with van der Waals surface area (Å²) >= 11 is 0. The van der Waals surface area contributed by atoms with E-state index >= 15 is 0 Å². The number of fused-ring (bicyclic) bond motifs is 1. The number of benzene rings is 3. The quantitative estimate of drug-likeness (QED) is 0.517. The van der Waals surface area contributed by atoms with Crippen molar-refractivity contribution >= 4 is 5.97 Å². The molecule has 0 radical (unpaired) electrons. The molecule has 2 nitrogen and oxygen atoms in total. The van der Waals surface area contributed by atoms with Gasteiger partial charge < -0.3 is 4.74 Å². The molecule has 1 heterocycles. The molecule has 0 saturated carbocycles. The van der Waals surface area contributed by atoms with Crippen LogP contribution in [-0.4, -0.2) is 5.97 Å². The maximum atomic E-state index is 13.0. The Kier molecular flexibility index (Phi) is 4.19. The number of rotatable bonds is 2. The Bertz CT molecular complexity index is 1020. The van der Waals surface area contributed by atoms with Crippen LogP contribution in [0.4, 0.5) is 0 Å². The van der Waals surface area contributed by atoms with Crippen molar-refractivity contribution in [1.82, 2.24) is 0 Å². The van der Waals surface area contributed by atoms with Crippen LogP contribution in [0.1, 0.15) is 60.4 Å². The molecule has 142 valence electrons. The minimum atomic E-state index is -0.919. The summed E-state index contributed by atoms with van der Waals surface area (Å²) in [5.41, 5.74) is 9.81. The second-order valence-electron chi connectivity index (χ2n) is 8.16. The third kappa shape index (κ3) is 2.51. The van der Waals surface area contributed by atoms with Gasteiger partial charge in [-0.25, -0.2) is 4.79 Å². The second kappa shape index (κ2) is 6.34. The molecule has 3 aromatic rings. The van der Waals surface area contributed by atoms with Gasteiger partial charge in [0.1, 0.15) is 0 Å². The molecule has 0 amide bonds. The fourth-order valence-electron chi connectivity index (χ4n) is 5.18. The fraction of sp³-hybridized carbons (Fsp3) is 0.269. The fourth-order valence-corrected chi connectivity index (χ4v) is 5.18. The van der Waals surface area contributed by atoms with Crippen molar-refractivity contribution in [1.29, 1.82) is 0 Å². The molecule has 3 aromatic carbocycles. The third-order valence-electron chi connectivity index (χ3n) is 5.83. The van der Waals surface area contributed by atoms with Crippen LogP contribution in [0.5, 0.6) is 0 Å². The van der Waals surface area contributed by atoms with Gasteiger partial charge in [-0.05, 0) is 69.9 Å². The molecule has 0 fully saturated rings. The van der Waals surface area contributed by atoms with E-state index in [1.54, 1.807) is 0 Å². The normalized spacial score (nSPS) is 14.7. The molecule has 4 rings (SSSR count). The standard InChI is InChI=1S/C26H26O2/c1-15-11-17(3)23(18(4)12-15)26(24-19(5)13-16(2)14-20(24)6)22-10-8-7-9-21(22)25(27)28-26/h7-14H,1-6H3. The van der Waals surface area contributed by atoms with Crippen LogP contribution in [0, 0.1) is 41.5 Å². The van der Waals surface area contributed by atoms with Crippen LogP contribution in [0.2, 0.25) is 0 Å². The van der Waals surface area contributed by atoms with E-state index in [0.29, 0.717) is 5.56 Å². The number of ether oxygens (including phenoxy) is 1. The van der Waals surface area contributed by atoms with E-state index in [0.717, 1.165) is 38.9 Å². The van der Waals surface area contributed by atoms with E-state index < -0.39 is 5.60 Å². The summed E-state index contributed by atoms with van der Waals surface area (Å²) in [5, 5.41) is 0. The molecule has 1 aliphatic rings. The molecular weight excluding hydrogens is 344 g/mol. The number of esters is 1. The highest BCUT2D eigenvalue weighted by molar-refractivity contribution is 5.96. The Balaban J connectivity index is 2.20. The minimum Gasteiger partial charge on any atom is -0.441 e. The monoisotopic (exact) mass is 370 g/mol. The van der Waals surface area contributed by atoms with Gasteiger partial charge in [-0.15, -0.1) is 0 Å². The molecule has 0 N–H and O–H groups in total. The smallest absolute Gasteiger partial charge is 0.340 e. The molecular formula is C26H26O2. The molecule has 0 aromatic heterocycles. The summed E-state index contributed by atoms with van der Waals surface area (Å²) in [7, 11) is 0. The van der Waals surface area contributed by atoms with Gasteiger partial charge in [0.25, 0.3) is 0 Å². The van der Waals surface area contributed by atoms with Crippen molar-refractivity contribution in [2.75, 3.05) is 0 Å². The van der Waals surface area contributed by atoms with E-state index in [1.807, 2.05) is 24.3 Å². The summed E-state index contributed by atoms with van der Waals surface area (Å²) in [4.78, 5) is 13.0. The number of hydrogen-bond donors (Lipinski definition) is 0. The Morgan fingerprint density at radius 3 is 1.57 bits per heavy atom. The Hall–Kier alpha value is -2.87. The Morgan fingerprint density at radius 1 is 0.679 bits per heavy atom. The van der Waals surface area contributed by atoms with Crippen molar-refractivity contribution in [2.24, 2.45) is 0 Å². The lowest BCUT2D eigenvalue weighted by Gasteiger charge is -2.35. The van der Waals surface area contributed by atoms with Gasteiger partial charge in [-0.1, -0.05) is 53.6 Å². The lowest BCUT2D eigenvalue weighted by molar-refractivity contribution is 0.0245. The maximum Gasteiger partial charge on any atom is 0.340 e. The first kappa shape index (κ1) is 18.5. The van der Waals surface area contributed by atoms with Crippen molar-refractivity contribution in [2.45, 2.75) is 47.1 Å². The summed E-state index contributed by atoms with van der Waals surface area (Å²) in [6, 6.07) is 16.5. The van der Waals surface area contributed by atoms with Crippen LogP contribution in [0.15, 0.2) is 48.5 Å². The SMILES string of the molecule is Cc1cc(C)c(C2(c3c(C)cc(C)cc3C)OC(=O)c3ccccc32)c(C)c1. The molecule has 0 atom stereocenters. The zero-order valence-electron chi connectivity index (χ0n) is 17.4. The minimum absolute atomic E-state index is 0.255. The number of carbonyl (C=O) groups is 1. The summed E-state index contributed by atoms with van der Waals surface area (Å²) in [5.74, 6) is -0.255. The van der Waals surface area contributed by atoms with E-state index in [2.05, 4.69) is 65.8 Å². The molecule has 0 bridgehead atoms. The van der Waals surface area contributed by atoms with E-state index in [-0.39, 0.29) is 5.97 Å². The lowest BCUT2D eigenvalue weighted by Crippen LogP contribution is -2.33. The zero-order chi connectivity index (χ0) is 20.2. The first-order valence-corrected chi connectivity index (χ1v) is 9.75. The van der Waals surface area contributed by atoms with Crippen LogP contribution in [0.3, 0.4) is 0 Å². The number of cyclic esters (lactones) is 1. The first-order valence-electron chi connectivity index (χ1n) is 9.75. The number of aryl methyl sites for hydroxylation is 6. The van der Waals surface area contributed by atoms with E-state index in [4.69, 9.17) is 4.74 Å². The van der Waals surface area contributed by atoms with Crippen molar-refractivity contribution in [3.8, 4) is 0 Å². The van der Waals surface area contributed by atoms with E-state index in [9.17, 15) is 4.79 Å². The van der Waals surface area contributed by atoms with Gasteiger partial charge in [-0.2, -0.15) is 0 Å². The topological polar surface area (TPSA) is 26.3 Å². The molecule has 28 heavy (non-hydrogen) atoms. The van der Waals surface area contributed by atoms with Crippen LogP contribution in [-0.2, 0) is 10.3 Å². The van der Waals surface area contributed by atoms with Gasteiger partial charge in [0.15, 0.2) is 5.60 Å². The molecule has 0 unspecified atom stereocenters. The second-order valence-corrected chi connectivity index (χ2v) is 8.16. The van der Waals surface area contributed by atoms with Gasteiger partial charge in [0, 0.05) is 16.7 Å². The molecule has 0 saturated heterocycles. The van der Waals surface area contributed by atoms with Crippen LogP contribution in [0.25, 0.3) is 0 Å². The van der Waals surface area contributed by atoms with Gasteiger partial charge in [-0.3, -0.25) is 0 Å². The first-order chi connectivity index (χ1) is 13.3. The van der Waals surface area contributed by atoms with Gasteiger partial charge >= 0.3 is 5.97 Å². The van der Waals surface area contributed by atoms with Crippen LogP contribution >= 0.6 is 0 Å². The van der Waals surface area contributed by atoms with Gasteiger partial charge in [0.2, 0.25) is 0 Å². The largest absolute Gasteiger partial charge is 0.441 e. The van der Waals surface area contributed by atoms with Gasteiger partial charge in [0.05, 0.1) is 5.56 Å². The van der Waals surface area contributed by atoms with Crippen molar-refractivity contribution in [3.63, 3.8) is 0 Å². The predicted octanol–water partition coefficient (Wildman–Crippen LogP) is 6.00. The predicted molar refractivity (Wildman–Crippen MR) is 113 cm³/mol. The molecule has 1 aliphatic heterocycles. The maximum absolute atomic E-state index is 13.0. The summed E-state index contributed by atoms with van der Waals surface area (Å²) in [6.07, 6.45) is 0. The highest BCUT2D eigenvalue weighted by Gasteiger charge is 2.51. The number of hydrogen-bond acceptors (Lipinski definition) is 2. The highest BCUT2D eigenvalue weighted by atomic mass is 16.6. The average Bonchev–Trinajstić information content (AvgIpc) is 2.87. The highest BCUT2D eigenvalue weighted by Crippen LogP contribution is 2.51. The van der Waals surface area contributed by atoms with E-state index in [1.165, 1.54) is 11.1 Å². The van der Waals surface area contributed by atoms with Crippen molar-refractivity contribution < 1.29 is 9.53 Å². The van der Waals surface area contributed by atoms with Crippen molar-refractivity contribution in [3.05, 3.63) is 104 Å². The zero-order valence-corrected chi connectivity index (χ0v) is 17.4. The summed E-state index contributed by atoms with van der Waals surface area (Å²) in [6.45, 7) is 12.7. The summed E-state index contributed by atoms with van der Waals surface area (Å²) < 4.78 is 6.36. The molecule has 0 spiro atoms. The average molecular weight is 370 g/mol. The molecule has 0 aliphatic carbocycles.